The number of carbonyl (C=O) groups excluding carboxylic acids is 2. The first-order valence-corrected chi connectivity index (χ1v) is 7.79. The maximum atomic E-state index is 12.0. The Morgan fingerprint density at radius 1 is 1.30 bits per heavy atom. The van der Waals surface area contributed by atoms with Crippen LogP contribution in [-0.2, 0) is 4.79 Å². The van der Waals surface area contributed by atoms with Crippen molar-refractivity contribution < 1.29 is 9.59 Å². The summed E-state index contributed by atoms with van der Waals surface area (Å²) in [7, 11) is 0. The third-order valence-electron chi connectivity index (χ3n) is 3.55. The lowest BCUT2D eigenvalue weighted by Gasteiger charge is -2.15. The monoisotopic (exact) mass is 292 g/mol. The second-order valence-electron chi connectivity index (χ2n) is 4.95. The lowest BCUT2D eigenvalue weighted by Crippen LogP contribution is -2.37. The number of carbonyl (C=O) groups is 2. The first kappa shape index (κ1) is 13.4. The third-order valence-corrected chi connectivity index (χ3v) is 4.56. The van der Waals surface area contributed by atoms with Gasteiger partial charge in [-0.1, -0.05) is 11.8 Å². The van der Waals surface area contributed by atoms with Crippen molar-refractivity contribution in [1.82, 2.24) is 15.5 Å². The molecule has 3 heterocycles. The van der Waals surface area contributed by atoms with Crippen LogP contribution in [0.1, 0.15) is 29.8 Å². The normalized spacial score (nSPS) is 22.3. The molecule has 0 spiro atoms. The molecule has 0 saturated carbocycles. The summed E-state index contributed by atoms with van der Waals surface area (Å²) in [5.41, 5.74) is 0.262. The summed E-state index contributed by atoms with van der Waals surface area (Å²) < 4.78 is 0. The molecule has 0 radical (unpaired) electrons. The molecule has 1 atom stereocenters. The summed E-state index contributed by atoms with van der Waals surface area (Å²) in [6.07, 6.45) is 3.03. The van der Waals surface area contributed by atoms with Gasteiger partial charge in [-0.05, 0) is 31.4 Å². The molecule has 2 saturated heterocycles. The number of rotatable bonds is 3. The quantitative estimate of drug-likeness (QED) is 0.890. The Hall–Kier alpha value is -1.63. The largest absolute Gasteiger partial charge is 0.355 e. The van der Waals surface area contributed by atoms with Crippen molar-refractivity contribution in [2.24, 2.45) is 0 Å². The van der Waals surface area contributed by atoms with Gasteiger partial charge in [-0.3, -0.25) is 9.59 Å². The highest BCUT2D eigenvalue weighted by atomic mass is 32.2. The van der Waals surface area contributed by atoms with Crippen LogP contribution >= 0.6 is 11.8 Å². The van der Waals surface area contributed by atoms with Gasteiger partial charge in [0.2, 0.25) is 5.12 Å². The molecule has 7 heteroatoms. The van der Waals surface area contributed by atoms with E-state index in [-0.39, 0.29) is 22.8 Å². The Labute approximate surface area is 121 Å². The first-order valence-electron chi connectivity index (χ1n) is 6.80. The zero-order chi connectivity index (χ0) is 13.9. The maximum absolute atomic E-state index is 12.0. The van der Waals surface area contributed by atoms with Gasteiger partial charge >= 0.3 is 0 Å². The van der Waals surface area contributed by atoms with Crippen molar-refractivity contribution in [3.8, 4) is 0 Å². The summed E-state index contributed by atoms with van der Waals surface area (Å²) in [4.78, 5) is 25.6. The highest BCUT2D eigenvalue weighted by molar-refractivity contribution is 8.14. The molecule has 2 fully saturated rings. The predicted molar refractivity (Wildman–Crippen MR) is 76.8 cm³/mol. The van der Waals surface area contributed by atoms with Crippen molar-refractivity contribution in [3.63, 3.8) is 0 Å². The smallest absolute Gasteiger partial charge is 0.272 e. The number of hydrogen-bond acceptors (Lipinski definition) is 6. The molecule has 1 N–H and O–H groups in total. The van der Waals surface area contributed by atoms with Gasteiger partial charge in [0.1, 0.15) is 0 Å². The molecule has 1 aromatic rings. The number of hydrogen-bond donors (Lipinski definition) is 1. The van der Waals surface area contributed by atoms with Crippen molar-refractivity contribution in [3.05, 3.63) is 17.8 Å². The summed E-state index contributed by atoms with van der Waals surface area (Å²) in [5.74, 6) is 1.25. The summed E-state index contributed by atoms with van der Waals surface area (Å²) in [6, 6.07) is 3.11. The Morgan fingerprint density at radius 3 is 2.70 bits per heavy atom. The summed E-state index contributed by atoms with van der Waals surface area (Å²) in [5, 5.41) is 10.8. The minimum absolute atomic E-state index is 0.0278. The van der Waals surface area contributed by atoms with E-state index in [1.54, 1.807) is 6.07 Å². The van der Waals surface area contributed by atoms with E-state index in [4.69, 9.17) is 0 Å². The Kier molecular flexibility index (Phi) is 3.86. The predicted octanol–water partition coefficient (Wildman–Crippen LogP) is 0.839. The molecule has 2 aliphatic heterocycles. The van der Waals surface area contributed by atoms with E-state index in [0.717, 1.165) is 24.7 Å². The van der Waals surface area contributed by atoms with Gasteiger partial charge in [0.05, 0.1) is 6.04 Å². The van der Waals surface area contributed by atoms with Crippen LogP contribution < -0.4 is 10.2 Å². The van der Waals surface area contributed by atoms with E-state index < -0.39 is 0 Å². The molecule has 1 unspecified atom stereocenters. The van der Waals surface area contributed by atoms with Crippen molar-refractivity contribution in [2.75, 3.05) is 23.7 Å². The molecule has 2 aliphatic rings. The van der Waals surface area contributed by atoms with Gasteiger partial charge in [-0.2, -0.15) is 0 Å². The number of amides is 1. The van der Waals surface area contributed by atoms with Gasteiger partial charge in [0, 0.05) is 18.8 Å². The number of nitrogens with zero attached hydrogens (tertiary/aromatic N) is 3. The van der Waals surface area contributed by atoms with E-state index in [9.17, 15) is 9.59 Å². The molecular weight excluding hydrogens is 276 g/mol. The standard InChI is InChI=1S/C13H16N4O2S/c18-12(14-10-5-8-20-13(10)19)9-3-4-11(16-15-9)17-6-1-2-7-17/h3-4,10H,1-2,5-8H2,(H,14,18). The number of nitrogens with one attached hydrogen (secondary N) is 1. The van der Waals surface area contributed by atoms with Gasteiger partial charge in [0.15, 0.2) is 11.5 Å². The average molecular weight is 292 g/mol. The Bertz CT molecular complexity index is 514. The fourth-order valence-electron chi connectivity index (χ4n) is 2.42. The van der Waals surface area contributed by atoms with E-state index >= 15 is 0 Å². The highest BCUT2D eigenvalue weighted by Crippen LogP contribution is 2.20. The SMILES string of the molecule is O=C(NC1CCSC1=O)c1ccc(N2CCCC2)nn1. The molecule has 0 aromatic carbocycles. The highest BCUT2D eigenvalue weighted by Gasteiger charge is 2.27. The second kappa shape index (κ2) is 5.78. The first-order chi connectivity index (χ1) is 9.74. The second-order valence-corrected chi connectivity index (χ2v) is 6.05. The summed E-state index contributed by atoms with van der Waals surface area (Å²) >= 11 is 1.27. The fourth-order valence-corrected chi connectivity index (χ4v) is 3.35. The van der Waals surface area contributed by atoms with Crippen LogP contribution in [0.25, 0.3) is 0 Å². The van der Waals surface area contributed by atoms with Crippen molar-refractivity contribution >= 4 is 28.6 Å². The zero-order valence-corrected chi connectivity index (χ0v) is 11.9. The molecule has 106 valence electrons. The van der Waals surface area contributed by atoms with Crippen LogP contribution in [0.15, 0.2) is 12.1 Å². The molecule has 1 aromatic heterocycles. The lowest BCUT2D eigenvalue weighted by atomic mass is 10.2. The van der Waals surface area contributed by atoms with Crippen molar-refractivity contribution in [2.45, 2.75) is 25.3 Å². The van der Waals surface area contributed by atoms with E-state index in [0.29, 0.717) is 6.42 Å². The third kappa shape index (κ3) is 2.77. The number of thioether (sulfide) groups is 1. The number of anilines is 1. The number of aromatic nitrogens is 2. The minimum atomic E-state index is -0.382. The van der Waals surface area contributed by atoms with Gasteiger partial charge in [-0.15, -0.1) is 10.2 Å². The molecule has 1 amide bonds. The lowest BCUT2D eigenvalue weighted by molar-refractivity contribution is -0.112. The Balaban J connectivity index is 1.64. The van der Waals surface area contributed by atoms with Crippen LogP contribution in [0.2, 0.25) is 0 Å². The summed E-state index contributed by atoms with van der Waals surface area (Å²) in [6.45, 7) is 1.99. The van der Waals surface area contributed by atoms with Crippen LogP contribution in [0.4, 0.5) is 5.82 Å². The van der Waals surface area contributed by atoms with Crippen LogP contribution in [0.3, 0.4) is 0 Å². The maximum Gasteiger partial charge on any atom is 0.272 e. The van der Waals surface area contributed by atoms with Gasteiger partial charge in [-0.25, -0.2) is 0 Å². The van der Waals surface area contributed by atoms with E-state index in [2.05, 4.69) is 20.4 Å². The average Bonchev–Trinajstić information content (AvgIpc) is 3.12. The van der Waals surface area contributed by atoms with Gasteiger partial charge in [0.25, 0.3) is 5.91 Å². The zero-order valence-electron chi connectivity index (χ0n) is 11.0. The fraction of sp³-hybridized carbons (Fsp3) is 0.538. The van der Waals surface area contributed by atoms with Crippen LogP contribution in [0.5, 0.6) is 0 Å². The topological polar surface area (TPSA) is 75.2 Å². The molecular formula is C13H16N4O2S. The molecule has 6 nitrogen and oxygen atoms in total. The van der Waals surface area contributed by atoms with Crippen LogP contribution in [0, 0.1) is 0 Å². The molecule has 3 rings (SSSR count). The van der Waals surface area contributed by atoms with Crippen LogP contribution in [-0.4, -0.2) is 46.1 Å². The molecule has 0 bridgehead atoms. The van der Waals surface area contributed by atoms with E-state index in [1.165, 1.54) is 24.6 Å². The van der Waals surface area contributed by atoms with Crippen molar-refractivity contribution in [1.29, 1.82) is 0 Å². The minimum Gasteiger partial charge on any atom is -0.355 e. The molecule has 20 heavy (non-hydrogen) atoms. The molecule has 0 aliphatic carbocycles. The van der Waals surface area contributed by atoms with E-state index in [1.807, 2.05) is 6.07 Å². The van der Waals surface area contributed by atoms with Gasteiger partial charge < -0.3 is 10.2 Å². The Morgan fingerprint density at radius 2 is 2.10 bits per heavy atom.